The Balaban J connectivity index is 2.20. The highest BCUT2D eigenvalue weighted by molar-refractivity contribution is 5.45. The van der Waals surface area contributed by atoms with Gasteiger partial charge in [-0.2, -0.15) is 0 Å². The van der Waals surface area contributed by atoms with Gasteiger partial charge >= 0.3 is 0 Å². The second-order valence-corrected chi connectivity index (χ2v) is 5.11. The van der Waals surface area contributed by atoms with E-state index in [4.69, 9.17) is 14.2 Å². The number of carbonyl (C=O) groups is 1. The van der Waals surface area contributed by atoms with Crippen molar-refractivity contribution in [2.75, 3.05) is 26.4 Å². The van der Waals surface area contributed by atoms with Crippen LogP contribution in [0.3, 0.4) is 0 Å². The molecule has 0 heterocycles. The molecule has 0 fully saturated rings. The fraction of sp³-hybridized carbons (Fsp3) is 0.562. The predicted octanol–water partition coefficient (Wildman–Crippen LogP) is 1.11. The fourth-order valence-corrected chi connectivity index (χ4v) is 1.65. The summed E-state index contributed by atoms with van der Waals surface area (Å²) >= 11 is 0. The van der Waals surface area contributed by atoms with Crippen molar-refractivity contribution in [1.82, 2.24) is 5.32 Å². The summed E-state index contributed by atoms with van der Waals surface area (Å²) in [4.78, 5) is 10.1. The van der Waals surface area contributed by atoms with Crippen LogP contribution in [0.1, 0.15) is 19.4 Å². The molecular formula is C16H25NO5. The molecule has 6 nitrogen and oxygen atoms in total. The molecule has 22 heavy (non-hydrogen) atoms. The summed E-state index contributed by atoms with van der Waals surface area (Å²) in [5.41, 5.74) is 1.04. The number of aliphatic hydroxyl groups is 1. The molecule has 0 radical (unpaired) electrons. The standard InChI is InChI=1S/C16H25NO5/c1-13(2)21-8-7-20-10-14-3-5-16(6-4-14)22-11-15(19)9-17-12-18/h3-6,12-13,15,19H,7-11H2,1-2H3,(H,17,18). The summed E-state index contributed by atoms with van der Waals surface area (Å²) < 4.78 is 16.3. The van der Waals surface area contributed by atoms with Gasteiger partial charge in [0.1, 0.15) is 18.5 Å². The Morgan fingerprint density at radius 3 is 2.59 bits per heavy atom. The quantitative estimate of drug-likeness (QED) is 0.447. The molecule has 0 saturated heterocycles. The van der Waals surface area contributed by atoms with Gasteiger partial charge < -0.3 is 24.6 Å². The average Bonchev–Trinajstić information content (AvgIpc) is 2.51. The fourth-order valence-electron chi connectivity index (χ4n) is 1.65. The highest BCUT2D eigenvalue weighted by Gasteiger charge is 2.04. The molecule has 0 aliphatic carbocycles. The molecule has 0 aliphatic heterocycles. The summed E-state index contributed by atoms with van der Waals surface area (Å²) in [6.07, 6.45) is 0.0378. The lowest BCUT2D eigenvalue weighted by Crippen LogP contribution is -2.30. The van der Waals surface area contributed by atoms with Crippen molar-refractivity contribution >= 4 is 6.41 Å². The van der Waals surface area contributed by atoms with E-state index in [2.05, 4.69) is 5.32 Å². The Bertz CT molecular complexity index is 408. The van der Waals surface area contributed by atoms with E-state index < -0.39 is 6.10 Å². The highest BCUT2D eigenvalue weighted by Crippen LogP contribution is 2.13. The molecule has 0 saturated carbocycles. The van der Waals surface area contributed by atoms with Crippen molar-refractivity contribution in [1.29, 1.82) is 0 Å². The van der Waals surface area contributed by atoms with E-state index >= 15 is 0 Å². The molecule has 1 rings (SSSR count). The van der Waals surface area contributed by atoms with Crippen molar-refractivity contribution in [3.63, 3.8) is 0 Å². The van der Waals surface area contributed by atoms with Gasteiger partial charge in [-0.05, 0) is 31.5 Å². The first-order valence-electron chi connectivity index (χ1n) is 7.38. The van der Waals surface area contributed by atoms with Crippen LogP contribution in [-0.4, -0.2) is 50.1 Å². The lowest BCUT2D eigenvalue weighted by molar-refractivity contribution is -0.110. The molecule has 0 aliphatic rings. The Morgan fingerprint density at radius 2 is 1.95 bits per heavy atom. The first kappa shape index (κ1) is 18.4. The highest BCUT2D eigenvalue weighted by atomic mass is 16.5. The largest absolute Gasteiger partial charge is 0.491 e. The van der Waals surface area contributed by atoms with E-state index in [-0.39, 0.29) is 19.3 Å². The van der Waals surface area contributed by atoms with Gasteiger partial charge in [0.25, 0.3) is 0 Å². The number of hydrogen-bond donors (Lipinski definition) is 2. The second-order valence-electron chi connectivity index (χ2n) is 5.11. The first-order valence-corrected chi connectivity index (χ1v) is 7.38. The van der Waals surface area contributed by atoms with Gasteiger partial charge in [0, 0.05) is 6.54 Å². The smallest absolute Gasteiger partial charge is 0.207 e. The van der Waals surface area contributed by atoms with Crippen LogP contribution in [-0.2, 0) is 20.9 Å². The summed E-state index contributed by atoms with van der Waals surface area (Å²) in [6, 6.07) is 7.47. The third kappa shape index (κ3) is 8.61. The minimum absolute atomic E-state index is 0.128. The minimum atomic E-state index is -0.728. The maximum atomic E-state index is 10.1. The molecule has 1 amide bonds. The normalized spacial score (nSPS) is 12.2. The van der Waals surface area contributed by atoms with Gasteiger partial charge in [0.05, 0.1) is 25.9 Å². The van der Waals surface area contributed by atoms with Crippen LogP contribution in [0.5, 0.6) is 5.75 Å². The second kappa shape index (κ2) is 11.0. The molecule has 2 N–H and O–H groups in total. The topological polar surface area (TPSA) is 77.0 Å². The molecular weight excluding hydrogens is 286 g/mol. The van der Waals surface area contributed by atoms with Crippen LogP contribution in [0.4, 0.5) is 0 Å². The van der Waals surface area contributed by atoms with Crippen LogP contribution >= 0.6 is 0 Å². The molecule has 1 aromatic carbocycles. The Kier molecular flexibility index (Phi) is 9.21. The SMILES string of the molecule is CC(C)OCCOCc1ccc(OCC(O)CNC=O)cc1. The Labute approximate surface area is 131 Å². The molecule has 0 spiro atoms. The van der Waals surface area contributed by atoms with E-state index in [0.29, 0.717) is 32.0 Å². The molecule has 6 heteroatoms. The Hall–Kier alpha value is -1.63. The zero-order valence-corrected chi connectivity index (χ0v) is 13.2. The van der Waals surface area contributed by atoms with E-state index in [0.717, 1.165) is 5.56 Å². The number of nitrogens with one attached hydrogen (secondary N) is 1. The van der Waals surface area contributed by atoms with Gasteiger partial charge in [-0.25, -0.2) is 0 Å². The molecule has 0 bridgehead atoms. The number of aliphatic hydroxyl groups excluding tert-OH is 1. The molecule has 124 valence electrons. The number of benzene rings is 1. The van der Waals surface area contributed by atoms with Crippen molar-refractivity contribution in [2.45, 2.75) is 32.7 Å². The zero-order valence-electron chi connectivity index (χ0n) is 13.2. The predicted molar refractivity (Wildman–Crippen MR) is 82.8 cm³/mol. The molecule has 1 aromatic rings. The van der Waals surface area contributed by atoms with Crippen LogP contribution in [0.2, 0.25) is 0 Å². The molecule has 0 aromatic heterocycles. The summed E-state index contributed by atoms with van der Waals surface area (Å²) in [5, 5.41) is 11.9. The third-order valence-electron chi connectivity index (χ3n) is 2.75. The Morgan fingerprint density at radius 1 is 1.23 bits per heavy atom. The number of ether oxygens (including phenoxy) is 3. The van der Waals surface area contributed by atoms with Gasteiger partial charge in [-0.15, -0.1) is 0 Å². The number of rotatable bonds is 12. The monoisotopic (exact) mass is 311 g/mol. The van der Waals surface area contributed by atoms with E-state index in [1.165, 1.54) is 0 Å². The number of amides is 1. The van der Waals surface area contributed by atoms with Crippen LogP contribution < -0.4 is 10.1 Å². The summed E-state index contributed by atoms with van der Waals surface area (Å²) in [5.74, 6) is 0.664. The van der Waals surface area contributed by atoms with Gasteiger partial charge in [-0.1, -0.05) is 12.1 Å². The van der Waals surface area contributed by atoms with Crippen LogP contribution in [0.15, 0.2) is 24.3 Å². The summed E-state index contributed by atoms with van der Waals surface area (Å²) in [7, 11) is 0. The van der Waals surface area contributed by atoms with Gasteiger partial charge in [-0.3, -0.25) is 4.79 Å². The molecule has 1 atom stereocenters. The van der Waals surface area contributed by atoms with Crippen molar-refractivity contribution in [2.24, 2.45) is 0 Å². The lowest BCUT2D eigenvalue weighted by Gasteiger charge is -2.12. The zero-order chi connectivity index (χ0) is 16.2. The van der Waals surface area contributed by atoms with Gasteiger partial charge in [0.2, 0.25) is 6.41 Å². The maximum Gasteiger partial charge on any atom is 0.207 e. The van der Waals surface area contributed by atoms with E-state index in [9.17, 15) is 9.90 Å². The van der Waals surface area contributed by atoms with Crippen LogP contribution in [0, 0.1) is 0 Å². The number of hydrogen-bond acceptors (Lipinski definition) is 5. The first-order chi connectivity index (χ1) is 10.6. The number of carbonyl (C=O) groups excluding carboxylic acids is 1. The van der Waals surface area contributed by atoms with Crippen molar-refractivity contribution in [3.05, 3.63) is 29.8 Å². The van der Waals surface area contributed by atoms with Crippen molar-refractivity contribution < 1.29 is 24.1 Å². The van der Waals surface area contributed by atoms with E-state index in [1.807, 2.05) is 38.1 Å². The average molecular weight is 311 g/mol. The third-order valence-corrected chi connectivity index (χ3v) is 2.75. The molecule has 1 unspecified atom stereocenters. The minimum Gasteiger partial charge on any atom is -0.491 e. The van der Waals surface area contributed by atoms with E-state index in [1.54, 1.807) is 0 Å². The van der Waals surface area contributed by atoms with Crippen LogP contribution in [0.25, 0.3) is 0 Å². The van der Waals surface area contributed by atoms with Gasteiger partial charge in [0.15, 0.2) is 0 Å². The van der Waals surface area contributed by atoms with Crippen molar-refractivity contribution in [3.8, 4) is 5.75 Å². The maximum absolute atomic E-state index is 10.1. The summed E-state index contributed by atoms with van der Waals surface area (Å²) in [6.45, 7) is 5.96. The lowest BCUT2D eigenvalue weighted by atomic mass is 10.2.